The molecule has 0 aliphatic carbocycles. The number of rotatable bonds is 6. The van der Waals surface area contributed by atoms with E-state index in [-0.39, 0.29) is 29.3 Å². The first-order chi connectivity index (χ1) is 9.27. The van der Waals surface area contributed by atoms with E-state index < -0.39 is 10.0 Å². The lowest BCUT2D eigenvalue weighted by Crippen LogP contribution is -2.31. The van der Waals surface area contributed by atoms with Gasteiger partial charge in [0, 0.05) is 20.0 Å². The van der Waals surface area contributed by atoms with Crippen molar-refractivity contribution in [3.05, 3.63) is 29.8 Å². The molecule has 1 unspecified atom stereocenters. The normalized spacial score (nSPS) is 12.4. The minimum atomic E-state index is -3.68. The summed E-state index contributed by atoms with van der Waals surface area (Å²) in [6, 6.07) is 6.12. The van der Waals surface area contributed by atoms with Crippen LogP contribution in [0.2, 0.25) is 0 Å². The standard InChI is InChI=1S/C13H21N3O3S.ClH/c1-10(16(3)13(17)8-9-15-2)11-4-6-12(7-5-11)20(14,18)19;/h4-7,10,15H,8-9H2,1-3H3,(H2,14,18,19);1H. The van der Waals surface area contributed by atoms with Crippen LogP contribution in [0, 0.1) is 0 Å². The molecule has 0 aromatic heterocycles. The molecule has 0 radical (unpaired) electrons. The van der Waals surface area contributed by atoms with E-state index in [2.05, 4.69) is 5.32 Å². The number of hydrogen-bond acceptors (Lipinski definition) is 4. The number of nitrogens with two attached hydrogens (primary N) is 1. The molecule has 0 bridgehead atoms. The summed E-state index contributed by atoms with van der Waals surface area (Å²) in [7, 11) is -0.156. The van der Waals surface area contributed by atoms with Gasteiger partial charge >= 0.3 is 0 Å². The topological polar surface area (TPSA) is 92.5 Å². The highest BCUT2D eigenvalue weighted by molar-refractivity contribution is 7.89. The molecule has 6 nitrogen and oxygen atoms in total. The van der Waals surface area contributed by atoms with Gasteiger partial charge in [0.05, 0.1) is 10.9 Å². The Morgan fingerprint density at radius 1 is 1.33 bits per heavy atom. The second-order valence-corrected chi connectivity index (χ2v) is 6.21. The number of nitrogens with one attached hydrogen (secondary N) is 1. The van der Waals surface area contributed by atoms with Crippen molar-refractivity contribution in [1.82, 2.24) is 10.2 Å². The minimum Gasteiger partial charge on any atom is -0.339 e. The quantitative estimate of drug-likeness (QED) is 0.807. The van der Waals surface area contributed by atoms with Crippen LogP contribution >= 0.6 is 12.4 Å². The van der Waals surface area contributed by atoms with E-state index in [1.807, 2.05) is 6.92 Å². The Morgan fingerprint density at radius 3 is 2.29 bits per heavy atom. The van der Waals surface area contributed by atoms with Gasteiger partial charge < -0.3 is 10.2 Å². The Labute approximate surface area is 132 Å². The van der Waals surface area contributed by atoms with Crippen LogP contribution in [0.15, 0.2) is 29.2 Å². The van der Waals surface area contributed by atoms with E-state index in [0.717, 1.165) is 5.56 Å². The molecule has 8 heteroatoms. The molecule has 120 valence electrons. The van der Waals surface area contributed by atoms with E-state index >= 15 is 0 Å². The molecule has 0 aliphatic heterocycles. The second kappa shape index (κ2) is 8.33. The Hall–Kier alpha value is -1.15. The summed E-state index contributed by atoms with van der Waals surface area (Å²) >= 11 is 0. The molecule has 0 fully saturated rings. The number of nitrogens with zero attached hydrogens (tertiary/aromatic N) is 1. The molecule has 3 N–H and O–H groups in total. The highest BCUT2D eigenvalue weighted by atomic mass is 35.5. The number of hydrogen-bond donors (Lipinski definition) is 2. The molecule has 0 saturated heterocycles. The average Bonchev–Trinajstić information content (AvgIpc) is 2.42. The number of primary sulfonamides is 1. The smallest absolute Gasteiger partial charge is 0.238 e. The van der Waals surface area contributed by atoms with Crippen LogP contribution in [0.5, 0.6) is 0 Å². The van der Waals surface area contributed by atoms with Crippen LogP contribution in [0.1, 0.15) is 24.9 Å². The summed E-state index contributed by atoms with van der Waals surface area (Å²) in [6.45, 7) is 2.52. The molecule has 1 aromatic rings. The fourth-order valence-corrected chi connectivity index (χ4v) is 2.30. The van der Waals surface area contributed by atoms with E-state index in [9.17, 15) is 13.2 Å². The first kappa shape index (κ1) is 19.9. The van der Waals surface area contributed by atoms with Crippen molar-refractivity contribution in [2.45, 2.75) is 24.3 Å². The lowest BCUT2D eigenvalue weighted by molar-refractivity contribution is -0.131. The van der Waals surface area contributed by atoms with E-state index in [0.29, 0.717) is 13.0 Å². The molecule has 1 amide bonds. The van der Waals surface area contributed by atoms with Gasteiger partial charge in [-0.3, -0.25) is 4.79 Å². The number of carbonyl (C=O) groups is 1. The Balaban J connectivity index is 0.00000400. The van der Waals surface area contributed by atoms with Crippen LogP contribution in [0.4, 0.5) is 0 Å². The summed E-state index contributed by atoms with van der Waals surface area (Å²) < 4.78 is 22.4. The van der Waals surface area contributed by atoms with Gasteiger partial charge in [0.1, 0.15) is 0 Å². The number of amides is 1. The first-order valence-electron chi connectivity index (χ1n) is 6.30. The molecule has 0 saturated carbocycles. The van der Waals surface area contributed by atoms with Crippen LogP contribution in [-0.4, -0.2) is 39.9 Å². The largest absolute Gasteiger partial charge is 0.339 e. The molecule has 1 aromatic carbocycles. The third kappa shape index (κ3) is 5.62. The highest BCUT2D eigenvalue weighted by Crippen LogP contribution is 2.20. The molecule has 0 aliphatic rings. The van der Waals surface area contributed by atoms with Gasteiger partial charge in [0.25, 0.3) is 0 Å². The molecular weight excluding hydrogens is 314 g/mol. The molecular formula is C13H22ClN3O3S. The minimum absolute atomic E-state index is 0. The van der Waals surface area contributed by atoms with Gasteiger partial charge in [-0.15, -0.1) is 12.4 Å². The monoisotopic (exact) mass is 335 g/mol. The maximum atomic E-state index is 11.9. The van der Waals surface area contributed by atoms with Crippen molar-refractivity contribution in [1.29, 1.82) is 0 Å². The highest BCUT2D eigenvalue weighted by Gasteiger charge is 2.17. The predicted molar refractivity (Wildman–Crippen MR) is 84.8 cm³/mol. The summed E-state index contributed by atoms with van der Waals surface area (Å²) in [5.41, 5.74) is 0.859. The zero-order valence-corrected chi connectivity index (χ0v) is 14.0. The third-order valence-electron chi connectivity index (χ3n) is 3.25. The lowest BCUT2D eigenvalue weighted by Gasteiger charge is -2.25. The van der Waals surface area contributed by atoms with Crippen LogP contribution < -0.4 is 10.5 Å². The Morgan fingerprint density at radius 2 is 1.86 bits per heavy atom. The molecule has 21 heavy (non-hydrogen) atoms. The van der Waals surface area contributed by atoms with Crippen molar-refractivity contribution < 1.29 is 13.2 Å². The van der Waals surface area contributed by atoms with Crippen LogP contribution in [0.3, 0.4) is 0 Å². The van der Waals surface area contributed by atoms with Gasteiger partial charge in [-0.25, -0.2) is 13.6 Å². The summed E-state index contributed by atoms with van der Waals surface area (Å²) in [6.07, 6.45) is 0.423. The van der Waals surface area contributed by atoms with E-state index in [4.69, 9.17) is 5.14 Å². The van der Waals surface area contributed by atoms with Gasteiger partial charge in [0.15, 0.2) is 0 Å². The fourth-order valence-electron chi connectivity index (χ4n) is 1.78. The lowest BCUT2D eigenvalue weighted by atomic mass is 10.1. The van der Waals surface area contributed by atoms with Crippen molar-refractivity contribution >= 4 is 28.3 Å². The van der Waals surface area contributed by atoms with Gasteiger partial charge in [-0.05, 0) is 31.7 Å². The number of benzene rings is 1. The Bertz CT molecular complexity index is 561. The van der Waals surface area contributed by atoms with Gasteiger partial charge in [0.2, 0.25) is 15.9 Å². The number of carbonyl (C=O) groups excluding carboxylic acids is 1. The second-order valence-electron chi connectivity index (χ2n) is 4.65. The maximum Gasteiger partial charge on any atom is 0.238 e. The maximum absolute atomic E-state index is 11.9. The number of halogens is 1. The zero-order chi connectivity index (χ0) is 15.3. The Kier molecular flexibility index (Phi) is 7.87. The molecule has 1 rings (SSSR count). The molecule has 0 heterocycles. The van der Waals surface area contributed by atoms with E-state index in [1.165, 1.54) is 12.1 Å². The summed E-state index contributed by atoms with van der Waals surface area (Å²) in [4.78, 5) is 13.6. The first-order valence-corrected chi connectivity index (χ1v) is 7.85. The molecule has 0 spiro atoms. The van der Waals surface area contributed by atoms with Crippen LogP contribution in [0.25, 0.3) is 0 Å². The summed E-state index contributed by atoms with van der Waals surface area (Å²) in [5.74, 6) is 0.0300. The zero-order valence-electron chi connectivity index (χ0n) is 12.4. The number of sulfonamides is 1. The molecule has 1 atom stereocenters. The van der Waals surface area contributed by atoms with Gasteiger partial charge in [-0.2, -0.15) is 0 Å². The fraction of sp³-hybridized carbons (Fsp3) is 0.462. The summed E-state index contributed by atoms with van der Waals surface area (Å²) in [5, 5.41) is 7.97. The average molecular weight is 336 g/mol. The third-order valence-corrected chi connectivity index (χ3v) is 4.18. The van der Waals surface area contributed by atoms with Crippen LogP contribution in [-0.2, 0) is 14.8 Å². The van der Waals surface area contributed by atoms with Gasteiger partial charge in [-0.1, -0.05) is 12.1 Å². The predicted octanol–water partition coefficient (Wildman–Crippen LogP) is 0.885. The van der Waals surface area contributed by atoms with Crippen molar-refractivity contribution in [2.24, 2.45) is 5.14 Å². The van der Waals surface area contributed by atoms with Crippen molar-refractivity contribution in [2.75, 3.05) is 20.6 Å². The van der Waals surface area contributed by atoms with E-state index in [1.54, 1.807) is 31.1 Å². The SMILES string of the molecule is CNCCC(=O)N(C)C(C)c1ccc(S(N)(=O)=O)cc1.Cl. The van der Waals surface area contributed by atoms with Crippen molar-refractivity contribution in [3.8, 4) is 0 Å². The van der Waals surface area contributed by atoms with Crippen molar-refractivity contribution in [3.63, 3.8) is 0 Å².